The van der Waals surface area contributed by atoms with Gasteiger partial charge < -0.3 is 10.0 Å². The van der Waals surface area contributed by atoms with E-state index in [1.165, 1.54) is 23.1 Å². The number of phenols is 1. The van der Waals surface area contributed by atoms with Crippen molar-refractivity contribution < 1.29 is 9.90 Å². The molecular formula is C14H11Cl2NO2. The zero-order chi connectivity index (χ0) is 14.0. The summed E-state index contributed by atoms with van der Waals surface area (Å²) in [6, 6.07) is 11.1. The molecule has 98 valence electrons. The molecule has 0 unspecified atom stereocenters. The van der Waals surface area contributed by atoms with E-state index in [-0.39, 0.29) is 11.7 Å². The number of phenolic OH excluding ortho intramolecular Hbond substituents is 1. The van der Waals surface area contributed by atoms with E-state index in [4.69, 9.17) is 23.2 Å². The first-order valence-corrected chi connectivity index (χ1v) is 6.27. The first-order valence-electron chi connectivity index (χ1n) is 5.51. The van der Waals surface area contributed by atoms with Gasteiger partial charge in [0, 0.05) is 23.8 Å². The summed E-state index contributed by atoms with van der Waals surface area (Å²) in [7, 11) is 1.61. The number of hydrogen-bond donors (Lipinski definition) is 1. The molecule has 0 aliphatic carbocycles. The molecule has 0 aliphatic heterocycles. The Morgan fingerprint density at radius 2 is 1.89 bits per heavy atom. The van der Waals surface area contributed by atoms with Crippen molar-refractivity contribution in [2.24, 2.45) is 0 Å². The van der Waals surface area contributed by atoms with Crippen LogP contribution < -0.4 is 4.90 Å². The highest BCUT2D eigenvalue weighted by atomic mass is 35.5. The van der Waals surface area contributed by atoms with Gasteiger partial charge in [-0.2, -0.15) is 0 Å². The van der Waals surface area contributed by atoms with Gasteiger partial charge in [-0.1, -0.05) is 29.3 Å². The van der Waals surface area contributed by atoms with Gasteiger partial charge in [0.25, 0.3) is 5.91 Å². The van der Waals surface area contributed by atoms with E-state index in [1.54, 1.807) is 31.3 Å². The van der Waals surface area contributed by atoms with E-state index in [2.05, 4.69) is 0 Å². The van der Waals surface area contributed by atoms with Crippen LogP contribution in [0.1, 0.15) is 10.4 Å². The van der Waals surface area contributed by atoms with Gasteiger partial charge in [0.15, 0.2) is 0 Å². The topological polar surface area (TPSA) is 40.5 Å². The van der Waals surface area contributed by atoms with Gasteiger partial charge in [-0.05, 0) is 30.3 Å². The van der Waals surface area contributed by atoms with Crippen molar-refractivity contribution in [2.45, 2.75) is 0 Å². The molecule has 19 heavy (non-hydrogen) atoms. The van der Waals surface area contributed by atoms with E-state index >= 15 is 0 Å². The van der Waals surface area contributed by atoms with Crippen LogP contribution in [0.25, 0.3) is 0 Å². The highest BCUT2D eigenvalue weighted by molar-refractivity contribution is 6.37. The number of aromatic hydroxyl groups is 1. The third-order valence-corrected chi connectivity index (χ3v) is 3.23. The lowest BCUT2D eigenvalue weighted by molar-refractivity contribution is 0.0993. The number of carbonyl (C=O) groups excluding carboxylic acids is 1. The molecule has 0 atom stereocenters. The minimum Gasteiger partial charge on any atom is -0.508 e. The summed E-state index contributed by atoms with van der Waals surface area (Å²) in [5.74, 6) is -0.174. The Balaban J connectivity index is 2.33. The monoisotopic (exact) mass is 295 g/mol. The van der Waals surface area contributed by atoms with Crippen LogP contribution in [-0.2, 0) is 0 Å². The molecule has 0 radical (unpaired) electrons. The summed E-state index contributed by atoms with van der Waals surface area (Å²) in [4.78, 5) is 13.7. The molecule has 2 aromatic rings. The van der Waals surface area contributed by atoms with Crippen LogP contribution in [0.15, 0.2) is 42.5 Å². The molecule has 0 aliphatic rings. The Bertz CT molecular complexity index is 629. The summed E-state index contributed by atoms with van der Waals surface area (Å²) >= 11 is 11.8. The van der Waals surface area contributed by atoms with Gasteiger partial charge in [0.05, 0.1) is 10.6 Å². The maximum Gasteiger partial charge on any atom is 0.259 e. The van der Waals surface area contributed by atoms with Crippen LogP contribution in [0.2, 0.25) is 10.0 Å². The predicted molar refractivity (Wildman–Crippen MR) is 77.3 cm³/mol. The average Bonchev–Trinajstić information content (AvgIpc) is 2.37. The van der Waals surface area contributed by atoms with Crippen LogP contribution in [0.5, 0.6) is 5.75 Å². The van der Waals surface area contributed by atoms with Crippen molar-refractivity contribution in [2.75, 3.05) is 11.9 Å². The predicted octanol–water partition coefficient (Wildman–Crippen LogP) is 3.98. The molecule has 0 spiro atoms. The summed E-state index contributed by atoms with van der Waals surface area (Å²) in [5.41, 5.74) is 0.938. The van der Waals surface area contributed by atoms with Gasteiger partial charge in [-0.3, -0.25) is 4.79 Å². The maximum absolute atomic E-state index is 12.3. The minimum atomic E-state index is -0.271. The number of anilines is 1. The molecule has 5 heteroatoms. The Morgan fingerprint density at radius 1 is 1.16 bits per heavy atom. The first-order chi connectivity index (χ1) is 8.99. The van der Waals surface area contributed by atoms with Gasteiger partial charge in [0.2, 0.25) is 0 Å². The number of halogens is 2. The van der Waals surface area contributed by atoms with E-state index in [9.17, 15) is 9.90 Å². The lowest BCUT2D eigenvalue weighted by Gasteiger charge is -2.18. The number of nitrogens with zero attached hydrogens (tertiary/aromatic N) is 1. The van der Waals surface area contributed by atoms with Gasteiger partial charge in [-0.25, -0.2) is 0 Å². The van der Waals surface area contributed by atoms with Crippen molar-refractivity contribution in [3.8, 4) is 5.75 Å². The molecule has 2 aromatic carbocycles. The van der Waals surface area contributed by atoms with Crippen molar-refractivity contribution in [1.29, 1.82) is 0 Å². The second-order valence-corrected chi connectivity index (χ2v) is 4.85. The number of carbonyl (C=O) groups is 1. The summed E-state index contributed by atoms with van der Waals surface area (Å²) in [6.45, 7) is 0. The second kappa shape index (κ2) is 5.51. The third kappa shape index (κ3) is 3.00. The fraction of sp³-hybridized carbons (Fsp3) is 0.0714. The summed E-state index contributed by atoms with van der Waals surface area (Å²) in [6.07, 6.45) is 0. The van der Waals surface area contributed by atoms with Crippen LogP contribution in [0.4, 0.5) is 5.69 Å². The van der Waals surface area contributed by atoms with E-state index in [0.29, 0.717) is 21.3 Å². The van der Waals surface area contributed by atoms with Crippen molar-refractivity contribution in [3.63, 3.8) is 0 Å². The smallest absolute Gasteiger partial charge is 0.259 e. The number of amides is 1. The summed E-state index contributed by atoms with van der Waals surface area (Å²) < 4.78 is 0. The average molecular weight is 296 g/mol. The zero-order valence-corrected chi connectivity index (χ0v) is 11.6. The number of hydrogen-bond acceptors (Lipinski definition) is 2. The maximum atomic E-state index is 12.3. The SMILES string of the molecule is CN(C(=O)c1ccc(Cl)cc1Cl)c1cccc(O)c1. The van der Waals surface area contributed by atoms with Crippen LogP contribution in [0.3, 0.4) is 0 Å². The normalized spacial score (nSPS) is 10.3. The fourth-order valence-electron chi connectivity index (χ4n) is 1.66. The van der Waals surface area contributed by atoms with E-state index in [0.717, 1.165) is 0 Å². The van der Waals surface area contributed by atoms with Gasteiger partial charge in [-0.15, -0.1) is 0 Å². The molecule has 0 saturated heterocycles. The van der Waals surface area contributed by atoms with Crippen molar-refractivity contribution in [1.82, 2.24) is 0 Å². The summed E-state index contributed by atoms with van der Waals surface area (Å²) in [5, 5.41) is 10.2. The van der Waals surface area contributed by atoms with Crippen molar-refractivity contribution in [3.05, 3.63) is 58.1 Å². The molecule has 0 fully saturated rings. The lowest BCUT2D eigenvalue weighted by atomic mass is 10.2. The number of benzene rings is 2. The van der Waals surface area contributed by atoms with Gasteiger partial charge in [0.1, 0.15) is 5.75 Å². The van der Waals surface area contributed by atoms with Crippen molar-refractivity contribution >= 4 is 34.8 Å². The van der Waals surface area contributed by atoms with Crippen LogP contribution >= 0.6 is 23.2 Å². The standard InChI is InChI=1S/C14H11Cl2NO2/c1-17(10-3-2-4-11(18)8-10)14(19)12-6-5-9(15)7-13(12)16/h2-8,18H,1H3. The first kappa shape index (κ1) is 13.7. The van der Waals surface area contributed by atoms with E-state index in [1.807, 2.05) is 0 Å². The highest BCUT2D eigenvalue weighted by Crippen LogP contribution is 2.25. The Hall–Kier alpha value is -1.71. The molecule has 3 nitrogen and oxygen atoms in total. The highest BCUT2D eigenvalue weighted by Gasteiger charge is 2.16. The Labute approximate surface area is 121 Å². The molecule has 0 aromatic heterocycles. The molecule has 0 saturated carbocycles. The molecule has 0 heterocycles. The Kier molecular flexibility index (Phi) is 3.98. The molecule has 2 rings (SSSR count). The number of rotatable bonds is 2. The fourth-order valence-corrected chi connectivity index (χ4v) is 2.15. The molecule has 1 N–H and O–H groups in total. The Morgan fingerprint density at radius 3 is 2.53 bits per heavy atom. The third-order valence-electron chi connectivity index (χ3n) is 2.68. The largest absolute Gasteiger partial charge is 0.508 e. The minimum absolute atomic E-state index is 0.0966. The molecule has 1 amide bonds. The lowest BCUT2D eigenvalue weighted by Crippen LogP contribution is -2.26. The zero-order valence-electron chi connectivity index (χ0n) is 10.1. The van der Waals surface area contributed by atoms with Crippen LogP contribution in [0, 0.1) is 0 Å². The quantitative estimate of drug-likeness (QED) is 0.910. The van der Waals surface area contributed by atoms with Crippen LogP contribution in [-0.4, -0.2) is 18.1 Å². The van der Waals surface area contributed by atoms with Gasteiger partial charge >= 0.3 is 0 Å². The molecular weight excluding hydrogens is 285 g/mol. The molecule has 0 bridgehead atoms. The van der Waals surface area contributed by atoms with E-state index < -0.39 is 0 Å². The second-order valence-electron chi connectivity index (χ2n) is 4.01.